The summed E-state index contributed by atoms with van der Waals surface area (Å²) in [7, 11) is 0. The number of benzene rings is 2. The Labute approximate surface area is 162 Å². The van der Waals surface area contributed by atoms with Gasteiger partial charge < -0.3 is 14.3 Å². The van der Waals surface area contributed by atoms with Gasteiger partial charge in [-0.05, 0) is 42.0 Å². The van der Waals surface area contributed by atoms with Crippen molar-refractivity contribution in [2.75, 3.05) is 13.2 Å². The molecule has 3 rings (SSSR count). The lowest BCUT2D eigenvalue weighted by molar-refractivity contribution is 0.0604. The van der Waals surface area contributed by atoms with E-state index in [1.54, 1.807) is 6.26 Å². The van der Waals surface area contributed by atoms with Crippen LogP contribution in [0.3, 0.4) is 0 Å². The predicted octanol–water partition coefficient (Wildman–Crippen LogP) is 4.48. The molecule has 1 heterocycles. The van der Waals surface area contributed by atoms with Crippen LogP contribution in [0.25, 0.3) is 0 Å². The minimum absolute atomic E-state index is 0.241. The molecular formula is C21H22BrNO3. The zero-order valence-corrected chi connectivity index (χ0v) is 16.0. The highest BCUT2D eigenvalue weighted by molar-refractivity contribution is 9.10. The number of aliphatic hydroxyl groups is 1. The molecule has 1 atom stereocenters. The van der Waals surface area contributed by atoms with Gasteiger partial charge in [-0.1, -0.05) is 46.3 Å². The van der Waals surface area contributed by atoms with E-state index in [1.165, 1.54) is 5.56 Å². The van der Waals surface area contributed by atoms with Crippen LogP contribution in [0.4, 0.5) is 0 Å². The van der Waals surface area contributed by atoms with Crippen molar-refractivity contribution < 1.29 is 14.3 Å². The van der Waals surface area contributed by atoms with Crippen LogP contribution in [0, 0.1) is 0 Å². The Morgan fingerprint density at radius 3 is 2.42 bits per heavy atom. The molecule has 0 spiro atoms. The lowest BCUT2D eigenvalue weighted by Crippen LogP contribution is -2.35. The summed E-state index contributed by atoms with van der Waals surface area (Å²) in [6.07, 6.45) is 1.07. The third-order valence-corrected chi connectivity index (χ3v) is 4.46. The average molecular weight is 416 g/mol. The van der Waals surface area contributed by atoms with E-state index < -0.39 is 6.10 Å². The molecule has 1 unspecified atom stereocenters. The van der Waals surface area contributed by atoms with Crippen molar-refractivity contribution >= 4 is 15.9 Å². The molecule has 2 aromatic carbocycles. The maximum atomic E-state index is 10.4. The van der Waals surface area contributed by atoms with E-state index in [1.807, 2.05) is 54.6 Å². The van der Waals surface area contributed by atoms with E-state index >= 15 is 0 Å². The molecule has 0 aliphatic carbocycles. The summed E-state index contributed by atoms with van der Waals surface area (Å²) >= 11 is 3.40. The quantitative estimate of drug-likeness (QED) is 0.559. The first-order chi connectivity index (χ1) is 12.7. The first kappa shape index (κ1) is 18.7. The maximum absolute atomic E-state index is 10.4. The summed E-state index contributed by atoms with van der Waals surface area (Å²) in [6, 6.07) is 21.6. The molecule has 0 bridgehead atoms. The van der Waals surface area contributed by atoms with Crippen LogP contribution in [0.1, 0.15) is 11.3 Å². The lowest BCUT2D eigenvalue weighted by atomic mass is 10.2. The Kier molecular flexibility index (Phi) is 6.89. The molecule has 0 saturated heterocycles. The Balaban J connectivity index is 1.57. The third-order valence-electron chi connectivity index (χ3n) is 3.93. The van der Waals surface area contributed by atoms with Crippen molar-refractivity contribution in [1.29, 1.82) is 0 Å². The Morgan fingerprint density at radius 1 is 0.962 bits per heavy atom. The number of halogens is 1. The van der Waals surface area contributed by atoms with Gasteiger partial charge in [-0.15, -0.1) is 0 Å². The number of ether oxygens (including phenoxy) is 1. The van der Waals surface area contributed by atoms with Gasteiger partial charge in [0.1, 0.15) is 24.2 Å². The third kappa shape index (κ3) is 6.02. The summed E-state index contributed by atoms with van der Waals surface area (Å²) in [6.45, 7) is 2.10. The van der Waals surface area contributed by atoms with Crippen LogP contribution in [0.2, 0.25) is 0 Å². The molecule has 26 heavy (non-hydrogen) atoms. The Hall–Kier alpha value is -2.08. The maximum Gasteiger partial charge on any atom is 0.119 e. The highest BCUT2D eigenvalue weighted by Gasteiger charge is 2.15. The molecule has 0 fully saturated rings. The van der Waals surface area contributed by atoms with E-state index in [0.717, 1.165) is 22.5 Å². The minimum Gasteiger partial charge on any atom is -0.491 e. The highest BCUT2D eigenvalue weighted by atomic mass is 79.9. The predicted molar refractivity (Wildman–Crippen MR) is 105 cm³/mol. The van der Waals surface area contributed by atoms with Crippen molar-refractivity contribution in [2.45, 2.75) is 19.2 Å². The van der Waals surface area contributed by atoms with Crippen LogP contribution < -0.4 is 4.74 Å². The van der Waals surface area contributed by atoms with Crippen molar-refractivity contribution in [2.24, 2.45) is 0 Å². The van der Waals surface area contributed by atoms with Gasteiger partial charge in [-0.3, -0.25) is 4.90 Å². The monoisotopic (exact) mass is 415 g/mol. The van der Waals surface area contributed by atoms with Gasteiger partial charge in [-0.2, -0.15) is 0 Å². The minimum atomic E-state index is -0.600. The molecule has 0 aliphatic heterocycles. The van der Waals surface area contributed by atoms with Crippen LogP contribution in [-0.4, -0.2) is 29.3 Å². The van der Waals surface area contributed by atoms with Crippen LogP contribution in [0.5, 0.6) is 5.75 Å². The smallest absolute Gasteiger partial charge is 0.119 e. The fourth-order valence-corrected chi connectivity index (χ4v) is 2.99. The van der Waals surface area contributed by atoms with Crippen molar-refractivity contribution in [1.82, 2.24) is 4.90 Å². The SMILES string of the molecule is OC(COc1ccc(Br)cc1)CN(Cc1ccccc1)Cc1ccco1. The number of aliphatic hydroxyl groups excluding tert-OH is 1. The van der Waals surface area contributed by atoms with E-state index in [9.17, 15) is 5.11 Å². The van der Waals surface area contributed by atoms with Crippen LogP contribution in [0.15, 0.2) is 81.9 Å². The van der Waals surface area contributed by atoms with E-state index in [0.29, 0.717) is 13.1 Å². The molecular weight excluding hydrogens is 394 g/mol. The van der Waals surface area contributed by atoms with Gasteiger partial charge in [0.25, 0.3) is 0 Å². The van der Waals surface area contributed by atoms with E-state index in [2.05, 4.69) is 33.0 Å². The summed E-state index contributed by atoms with van der Waals surface area (Å²) < 4.78 is 12.2. The largest absolute Gasteiger partial charge is 0.491 e. The normalized spacial score (nSPS) is 12.3. The Bertz CT molecular complexity index is 760. The van der Waals surface area contributed by atoms with Crippen molar-refractivity contribution in [3.05, 3.63) is 88.8 Å². The molecule has 3 aromatic rings. The molecule has 136 valence electrons. The summed E-state index contributed by atoms with van der Waals surface area (Å²) in [4.78, 5) is 2.16. The topological polar surface area (TPSA) is 45.8 Å². The number of hydrogen-bond donors (Lipinski definition) is 1. The van der Waals surface area contributed by atoms with Gasteiger partial charge in [0, 0.05) is 17.6 Å². The zero-order valence-electron chi connectivity index (χ0n) is 14.4. The van der Waals surface area contributed by atoms with Crippen LogP contribution >= 0.6 is 15.9 Å². The fourth-order valence-electron chi connectivity index (χ4n) is 2.72. The highest BCUT2D eigenvalue weighted by Crippen LogP contribution is 2.17. The number of furan rings is 1. The molecule has 1 aromatic heterocycles. The summed E-state index contributed by atoms with van der Waals surface area (Å²) in [5.74, 6) is 1.62. The summed E-state index contributed by atoms with van der Waals surface area (Å²) in [5, 5.41) is 10.4. The Morgan fingerprint density at radius 2 is 1.73 bits per heavy atom. The molecule has 5 heteroatoms. The average Bonchev–Trinajstić information content (AvgIpc) is 3.15. The zero-order chi connectivity index (χ0) is 18.2. The fraction of sp³-hybridized carbons (Fsp3) is 0.238. The second-order valence-electron chi connectivity index (χ2n) is 6.15. The van der Waals surface area contributed by atoms with Gasteiger partial charge in [0.15, 0.2) is 0 Å². The second-order valence-corrected chi connectivity index (χ2v) is 7.07. The number of rotatable bonds is 9. The lowest BCUT2D eigenvalue weighted by Gasteiger charge is -2.24. The second kappa shape index (κ2) is 9.57. The molecule has 0 aliphatic rings. The van der Waals surface area contributed by atoms with Crippen molar-refractivity contribution in [3.8, 4) is 5.75 Å². The summed E-state index contributed by atoms with van der Waals surface area (Å²) in [5.41, 5.74) is 1.19. The molecule has 1 N–H and O–H groups in total. The number of nitrogens with zero attached hydrogens (tertiary/aromatic N) is 1. The van der Waals surface area contributed by atoms with Gasteiger partial charge in [-0.25, -0.2) is 0 Å². The van der Waals surface area contributed by atoms with E-state index in [-0.39, 0.29) is 6.61 Å². The number of hydrogen-bond acceptors (Lipinski definition) is 4. The molecule has 0 saturated carbocycles. The van der Waals surface area contributed by atoms with Gasteiger partial charge in [0.2, 0.25) is 0 Å². The molecule has 4 nitrogen and oxygen atoms in total. The molecule has 0 radical (unpaired) electrons. The molecule has 0 amide bonds. The van der Waals surface area contributed by atoms with Crippen molar-refractivity contribution in [3.63, 3.8) is 0 Å². The van der Waals surface area contributed by atoms with E-state index in [4.69, 9.17) is 9.15 Å². The van der Waals surface area contributed by atoms with Gasteiger partial charge >= 0.3 is 0 Å². The first-order valence-electron chi connectivity index (χ1n) is 8.54. The van der Waals surface area contributed by atoms with Gasteiger partial charge in [0.05, 0.1) is 12.8 Å². The first-order valence-corrected chi connectivity index (χ1v) is 9.33. The van der Waals surface area contributed by atoms with Crippen LogP contribution in [-0.2, 0) is 13.1 Å². The standard InChI is InChI=1S/C21H22BrNO3/c22-18-8-10-20(11-9-18)26-16-19(24)14-23(15-21-7-4-12-25-21)13-17-5-2-1-3-6-17/h1-12,19,24H,13-16H2.